The second-order valence-corrected chi connectivity index (χ2v) is 4.14. The summed E-state index contributed by atoms with van der Waals surface area (Å²) in [6.45, 7) is 2.24. The Labute approximate surface area is 112 Å². The van der Waals surface area contributed by atoms with Crippen molar-refractivity contribution in [3.8, 4) is 0 Å². The lowest BCUT2D eigenvalue weighted by molar-refractivity contribution is 0.135. The smallest absolute Gasteiger partial charge is 0.408 e. The summed E-state index contributed by atoms with van der Waals surface area (Å²) >= 11 is 0. The van der Waals surface area contributed by atoms with Gasteiger partial charge in [-0.1, -0.05) is 37.3 Å². The number of H-pyrrole nitrogens is 1. The van der Waals surface area contributed by atoms with Crippen LogP contribution in [0.5, 0.6) is 0 Å². The van der Waals surface area contributed by atoms with Crippen molar-refractivity contribution in [2.75, 3.05) is 0 Å². The van der Waals surface area contributed by atoms with Crippen molar-refractivity contribution >= 4 is 6.09 Å². The third-order valence-corrected chi connectivity index (χ3v) is 2.76. The summed E-state index contributed by atoms with van der Waals surface area (Å²) in [7, 11) is 0. The molecule has 0 aliphatic rings. The summed E-state index contributed by atoms with van der Waals surface area (Å²) in [6, 6.07) is 9.42. The van der Waals surface area contributed by atoms with E-state index < -0.39 is 6.09 Å². The Hall–Kier alpha value is -2.30. The molecular weight excluding hydrogens is 242 g/mol. The number of carbonyl (C=O) groups is 1. The number of ether oxygens (including phenoxy) is 1. The van der Waals surface area contributed by atoms with Crippen molar-refractivity contribution in [3.05, 3.63) is 54.1 Å². The van der Waals surface area contributed by atoms with Gasteiger partial charge in [0.25, 0.3) is 0 Å². The van der Waals surface area contributed by atoms with Gasteiger partial charge in [0.15, 0.2) is 0 Å². The van der Waals surface area contributed by atoms with Crippen LogP contribution in [0.25, 0.3) is 0 Å². The summed E-state index contributed by atoms with van der Waals surface area (Å²) in [6.07, 6.45) is 3.70. The first-order valence-electron chi connectivity index (χ1n) is 6.26. The molecule has 1 atom stereocenters. The Morgan fingerprint density at radius 2 is 2.21 bits per heavy atom. The summed E-state index contributed by atoms with van der Waals surface area (Å²) < 4.78 is 5.17. The fraction of sp³-hybridized carbons (Fsp3) is 0.286. The van der Waals surface area contributed by atoms with Crippen molar-refractivity contribution in [2.24, 2.45) is 0 Å². The van der Waals surface area contributed by atoms with Crippen LogP contribution in [0.3, 0.4) is 0 Å². The maximum atomic E-state index is 11.7. The van der Waals surface area contributed by atoms with Gasteiger partial charge in [0.05, 0.1) is 6.04 Å². The average molecular weight is 259 g/mol. The number of benzene rings is 1. The molecule has 1 aromatic heterocycles. The van der Waals surface area contributed by atoms with Gasteiger partial charge in [0, 0.05) is 12.4 Å². The third-order valence-electron chi connectivity index (χ3n) is 2.76. The van der Waals surface area contributed by atoms with Crippen molar-refractivity contribution in [3.63, 3.8) is 0 Å². The molecule has 5 nitrogen and oxygen atoms in total. The van der Waals surface area contributed by atoms with Gasteiger partial charge in [0.2, 0.25) is 0 Å². The number of hydrogen-bond acceptors (Lipinski definition) is 3. The molecule has 0 fully saturated rings. The van der Waals surface area contributed by atoms with Gasteiger partial charge in [-0.05, 0) is 12.0 Å². The van der Waals surface area contributed by atoms with E-state index in [-0.39, 0.29) is 12.6 Å². The lowest BCUT2D eigenvalue weighted by Crippen LogP contribution is -2.29. The maximum Gasteiger partial charge on any atom is 0.408 e. The van der Waals surface area contributed by atoms with E-state index in [2.05, 4.69) is 15.3 Å². The maximum absolute atomic E-state index is 11.7. The molecule has 0 aliphatic heterocycles. The Morgan fingerprint density at radius 3 is 2.84 bits per heavy atom. The second-order valence-electron chi connectivity index (χ2n) is 4.14. The zero-order chi connectivity index (χ0) is 13.5. The Bertz CT molecular complexity index is 497. The molecule has 0 saturated carbocycles. The van der Waals surface area contributed by atoms with Gasteiger partial charge in [-0.25, -0.2) is 9.78 Å². The minimum Gasteiger partial charge on any atom is -0.445 e. The standard InChI is InChI=1S/C14H17N3O2/c1-2-12(13-15-8-9-16-13)17-14(18)19-10-11-6-4-3-5-7-11/h3-9,12H,2,10H2,1H3,(H,15,16)(H,17,18). The molecule has 2 N–H and O–H groups in total. The molecule has 1 amide bonds. The molecule has 1 unspecified atom stereocenters. The minimum atomic E-state index is -0.438. The van der Waals surface area contributed by atoms with Crippen LogP contribution in [0.1, 0.15) is 30.8 Å². The predicted molar refractivity (Wildman–Crippen MR) is 71.4 cm³/mol. The Kier molecular flexibility index (Phi) is 4.55. The molecule has 0 saturated heterocycles. The number of nitrogens with zero attached hydrogens (tertiary/aromatic N) is 1. The van der Waals surface area contributed by atoms with Crippen molar-refractivity contribution in [2.45, 2.75) is 26.0 Å². The number of rotatable bonds is 5. The van der Waals surface area contributed by atoms with Crippen LogP contribution < -0.4 is 5.32 Å². The van der Waals surface area contributed by atoms with E-state index in [4.69, 9.17) is 4.74 Å². The number of aromatic amines is 1. The topological polar surface area (TPSA) is 67.0 Å². The first kappa shape index (κ1) is 13.1. The van der Waals surface area contributed by atoms with Crippen molar-refractivity contribution in [1.82, 2.24) is 15.3 Å². The highest BCUT2D eigenvalue weighted by molar-refractivity contribution is 5.67. The van der Waals surface area contributed by atoms with Crippen molar-refractivity contribution < 1.29 is 9.53 Å². The molecule has 0 aliphatic carbocycles. The lowest BCUT2D eigenvalue weighted by atomic mass is 10.2. The average Bonchev–Trinajstić information content (AvgIpc) is 2.97. The van der Waals surface area contributed by atoms with Crippen LogP contribution in [-0.2, 0) is 11.3 Å². The van der Waals surface area contributed by atoms with Gasteiger partial charge in [0.1, 0.15) is 12.4 Å². The normalized spacial score (nSPS) is 11.8. The molecule has 1 heterocycles. The second kappa shape index (κ2) is 6.58. The van der Waals surface area contributed by atoms with Crippen LogP contribution in [-0.4, -0.2) is 16.1 Å². The summed E-state index contributed by atoms with van der Waals surface area (Å²) in [4.78, 5) is 18.8. The van der Waals surface area contributed by atoms with Crippen molar-refractivity contribution in [1.29, 1.82) is 0 Å². The van der Waals surface area contributed by atoms with Crippen LogP contribution in [0, 0.1) is 0 Å². The predicted octanol–water partition coefficient (Wildman–Crippen LogP) is 2.79. The highest BCUT2D eigenvalue weighted by atomic mass is 16.5. The monoisotopic (exact) mass is 259 g/mol. The molecule has 0 bridgehead atoms. The highest BCUT2D eigenvalue weighted by Gasteiger charge is 2.15. The molecular formula is C14H17N3O2. The van der Waals surface area contributed by atoms with E-state index >= 15 is 0 Å². The molecule has 2 rings (SSSR count). The molecule has 0 spiro atoms. The van der Waals surface area contributed by atoms with Gasteiger partial charge in [-0.15, -0.1) is 0 Å². The zero-order valence-corrected chi connectivity index (χ0v) is 10.8. The van der Waals surface area contributed by atoms with E-state index in [1.165, 1.54) is 0 Å². The van der Waals surface area contributed by atoms with Crippen LogP contribution in [0.15, 0.2) is 42.7 Å². The van der Waals surface area contributed by atoms with E-state index in [1.54, 1.807) is 12.4 Å². The zero-order valence-electron chi connectivity index (χ0n) is 10.8. The van der Waals surface area contributed by atoms with E-state index in [0.717, 1.165) is 17.8 Å². The fourth-order valence-electron chi connectivity index (χ4n) is 1.74. The van der Waals surface area contributed by atoms with Gasteiger partial charge < -0.3 is 15.0 Å². The van der Waals surface area contributed by atoms with Gasteiger partial charge in [-0.2, -0.15) is 0 Å². The van der Waals surface area contributed by atoms with E-state index in [0.29, 0.717) is 0 Å². The molecule has 100 valence electrons. The molecule has 5 heteroatoms. The van der Waals surface area contributed by atoms with Crippen LogP contribution >= 0.6 is 0 Å². The van der Waals surface area contributed by atoms with Crippen LogP contribution in [0.2, 0.25) is 0 Å². The minimum absolute atomic E-state index is 0.154. The van der Waals surface area contributed by atoms with Crippen LogP contribution in [0.4, 0.5) is 4.79 Å². The van der Waals surface area contributed by atoms with Gasteiger partial charge in [-0.3, -0.25) is 0 Å². The highest BCUT2D eigenvalue weighted by Crippen LogP contribution is 2.11. The number of nitrogens with one attached hydrogen (secondary N) is 2. The molecule has 1 aromatic carbocycles. The number of aromatic nitrogens is 2. The number of amides is 1. The molecule has 2 aromatic rings. The van der Waals surface area contributed by atoms with Gasteiger partial charge >= 0.3 is 6.09 Å². The lowest BCUT2D eigenvalue weighted by Gasteiger charge is -2.14. The fourth-order valence-corrected chi connectivity index (χ4v) is 1.74. The molecule has 19 heavy (non-hydrogen) atoms. The number of imidazole rings is 1. The Balaban J connectivity index is 1.84. The Morgan fingerprint density at radius 1 is 1.42 bits per heavy atom. The SMILES string of the molecule is CCC(NC(=O)OCc1ccccc1)c1ncc[nH]1. The summed E-state index contributed by atoms with van der Waals surface area (Å²) in [5.74, 6) is 0.735. The largest absolute Gasteiger partial charge is 0.445 e. The first-order chi connectivity index (χ1) is 9.29. The number of alkyl carbamates (subject to hydrolysis) is 1. The summed E-state index contributed by atoms with van der Waals surface area (Å²) in [5, 5.41) is 2.78. The third kappa shape index (κ3) is 3.84. The number of hydrogen-bond donors (Lipinski definition) is 2. The molecule has 0 radical (unpaired) electrons. The van der Waals surface area contributed by atoms with E-state index in [9.17, 15) is 4.79 Å². The first-order valence-corrected chi connectivity index (χ1v) is 6.26. The number of carbonyl (C=O) groups excluding carboxylic acids is 1. The quantitative estimate of drug-likeness (QED) is 0.867. The van der Waals surface area contributed by atoms with E-state index in [1.807, 2.05) is 37.3 Å². The summed E-state index contributed by atoms with van der Waals surface area (Å²) in [5.41, 5.74) is 0.962.